The van der Waals surface area contributed by atoms with Crippen molar-refractivity contribution in [2.24, 2.45) is 0 Å². The summed E-state index contributed by atoms with van der Waals surface area (Å²) < 4.78 is 5.87. The van der Waals surface area contributed by atoms with E-state index in [2.05, 4.69) is 23.4 Å². The molecule has 0 aliphatic heterocycles. The minimum atomic E-state index is -0.405. The van der Waals surface area contributed by atoms with Gasteiger partial charge in [-0.05, 0) is 60.2 Å². The van der Waals surface area contributed by atoms with E-state index in [9.17, 15) is 10.1 Å². The van der Waals surface area contributed by atoms with E-state index in [0.29, 0.717) is 13.2 Å². The van der Waals surface area contributed by atoms with Crippen molar-refractivity contribution in [1.82, 2.24) is 5.32 Å². The predicted molar refractivity (Wildman–Crippen MR) is 96.4 cm³/mol. The van der Waals surface area contributed by atoms with Gasteiger partial charge in [-0.15, -0.1) is 6.42 Å². The average Bonchev–Trinajstić information content (AvgIpc) is 2.64. The van der Waals surface area contributed by atoms with Gasteiger partial charge in [0.1, 0.15) is 12.4 Å². The monoisotopic (exact) mass is 336 g/mol. The molecule has 0 amide bonds. The summed E-state index contributed by atoms with van der Waals surface area (Å²) in [4.78, 5) is 10.3. The molecule has 25 heavy (non-hydrogen) atoms. The van der Waals surface area contributed by atoms with Crippen LogP contribution in [0.3, 0.4) is 0 Å². The van der Waals surface area contributed by atoms with Gasteiger partial charge in [-0.25, -0.2) is 0 Å². The highest BCUT2D eigenvalue weighted by Crippen LogP contribution is 2.32. The van der Waals surface area contributed by atoms with E-state index in [-0.39, 0.29) is 11.7 Å². The van der Waals surface area contributed by atoms with Crippen LogP contribution < -0.4 is 10.1 Å². The van der Waals surface area contributed by atoms with Crippen LogP contribution in [0.15, 0.2) is 42.5 Å². The Kier molecular flexibility index (Phi) is 5.32. The van der Waals surface area contributed by atoms with E-state index >= 15 is 0 Å². The predicted octanol–water partition coefficient (Wildman–Crippen LogP) is 3.77. The highest BCUT2D eigenvalue weighted by molar-refractivity contribution is 5.40. The van der Waals surface area contributed by atoms with Gasteiger partial charge >= 0.3 is 0 Å². The summed E-state index contributed by atoms with van der Waals surface area (Å²) in [6, 6.07) is 12.9. The van der Waals surface area contributed by atoms with E-state index in [1.807, 2.05) is 6.07 Å². The van der Waals surface area contributed by atoms with Gasteiger partial charge in [0.2, 0.25) is 0 Å². The molecule has 0 saturated carbocycles. The van der Waals surface area contributed by atoms with Crippen LogP contribution in [0.4, 0.5) is 5.69 Å². The van der Waals surface area contributed by atoms with Gasteiger partial charge in [0.15, 0.2) is 0 Å². The molecule has 2 aromatic carbocycles. The molecule has 3 rings (SSSR count). The fourth-order valence-electron chi connectivity index (χ4n) is 3.14. The maximum atomic E-state index is 10.7. The van der Waals surface area contributed by atoms with Gasteiger partial charge in [0.05, 0.1) is 11.5 Å². The number of nitrogens with one attached hydrogen (secondary N) is 1. The largest absolute Gasteiger partial charge is 0.489 e. The Morgan fingerprint density at radius 2 is 2.08 bits per heavy atom. The average molecular weight is 336 g/mol. The molecule has 128 valence electrons. The van der Waals surface area contributed by atoms with Crippen molar-refractivity contribution in [2.75, 3.05) is 6.54 Å². The first kappa shape index (κ1) is 17.0. The zero-order valence-corrected chi connectivity index (χ0v) is 13.9. The van der Waals surface area contributed by atoms with Crippen molar-refractivity contribution < 1.29 is 9.66 Å². The van der Waals surface area contributed by atoms with E-state index < -0.39 is 4.92 Å². The van der Waals surface area contributed by atoms with E-state index in [4.69, 9.17) is 11.2 Å². The fraction of sp³-hybridized carbons (Fsp3) is 0.300. The Balaban J connectivity index is 1.69. The lowest BCUT2D eigenvalue weighted by Gasteiger charge is -2.26. The molecule has 1 N–H and O–H groups in total. The molecule has 0 fully saturated rings. The second-order valence-corrected chi connectivity index (χ2v) is 6.10. The van der Waals surface area contributed by atoms with Crippen LogP contribution >= 0.6 is 0 Å². The number of nitro groups is 1. The molecule has 5 heteroatoms. The lowest BCUT2D eigenvalue weighted by molar-refractivity contribution is -0.384. The molecule has 2 aromatic rings. The van der Waals surface area contributed by atoms with Gasteiger partial charge < -0.3 is 4.74 Å². The summed E-state index contributed by atoms with van der Waals surface area (Å²) in [5.74, 6) is 3.43. The van der Waals surface area contributed by atoms with Gasteiger partial charge in [-0.2, -0.15) is 0 Å². The highest BCUT2D eigenvalue weighted by Gasteiger charge is 2.20. The maximum absolute atomic E-state index is 10.7. The smallest absolute Gasteiger partial charge is 0.269 e. The minimum Gasteiger partial charge on any atom is -0.489 e. The van der Waals surface area contributed by atoms with Gasteiger partial charge in [0, 0.05) is 18.2 Å². The van der Waals surface area contributed by atoms with Crippen molar-refractivity contribution in [3.05, 3.63) is 69.3 Å². The Bertz CT molecular complexity index is 794. The molecule has 1 aliphatic carbocycles. The van der Waals surface area contributed by atoms with Crippen molar-refractivity contribution in [1.29, 1.82) is 0 Å². The number of aryl methyl sites for hydroxylation is 1. The summed E-state index contributed by atoms with van der Waals surface area (Å²) in [6.45, 7) is 0.928. The molecule has 1 unspecified atom stereocenters. The number of fused-ring (bicyclic) bond motifs is 1. The molecule has 1 aliphatic rings. The number of benzene rings is 2. The lowest BCUT2D eigenvalue weighted by Crippen LogP contribution is -2.25. The van der Waals surface area contributed by atoms with E-state index in [0.717, 1.165) is 30.6 Å². The van der Waals surface area contributed by atoms with E-state index in [1.165, 1.54) is 23.3 Å². The summed E-state index contributed by atoms with van der Waals surface area (Å²) in [5, 5.41) is 14.1. The number of nitro benzene ring substituents is 1. The fourth-order valence-corrected chi connectivity index (χ4v) is 3.14. The Morgan fingerprint density at radius 3 is 2.80 bits per heavy atom. The number of terminal acetylenes is 1. The van der Waals surface area contributed by atoms with Crippen LogP contribution in [0.25, 0.3) is 0 Å². The van der Waals surface area contributed by atoms with Gasteiger partial charge in [-0.1, -0.05) is 12.0 Å². The number of hydrogen-bond acceptors (Lipinski definition) is 4. The third kappa shape index (κ3) is 4.17. The van der Waals surface area contributed by atoms with Crippen molar-refractivity contribution >= 4 is 5.69 Å². The van der Waals surface area contributed by atoms with Gasteiger partial charge in [-0.3, -0.25) is 15.4 Å². The SMILES string of the molecule is C#CCNC1CCCc2ccc(OCc3ccc([N+](=O)[O-])cc3)cc21. The van der Waals surface area contributed by atoms with Crippen LogP contribution in [-0.2, 0) is 13.0 Å². The van der Waals surface area contributed by atoms with E-state index in [1.54, 1.807) is 12.1 Å². The second kappa shape index (κ2) is 7.82. The molecular formula is C20H20N2O3. The Hall–Kier alpha value is -2.84. The van der Waals surface area contributed by atoms with Crippen molar-refractivity contribution in [3.8, 4) is 18.1 Å². The van der Waals surface area contributed by atoms with Crippen molar-refractivity contribution in [3.63, 3.8) is 0 Å². The summed E-state index contributed by atoms with van der Waals surface area (Å²) in [6.07, 6.45) is 8.65. The lowest BCUT2D eigenvalue weighted by atomic mass is 9.87. The molecule has 0 heterocycles. The van der Waals surface area contributed by atoms with Crippen LogP contribution in [0.5, 0.6) is 5.75 Å². The summed E-state index contributed by atoms with van der Waals surface area (Å²) >= 11 is 0. The third-order valence-corrected chi connectivity index (χ3v) is 4.43. The maximum Gasteiger partial charge on any atom is 0.269 e. The molecule has 0 radical (unpaired) electrons. The van der Waals surface area contributed by atoms with Crippen LogP contribution in [0, 0.1) is 22.5 Å². The highest BCUT2D eigenvalue weighted by atomic mass is 16.6. The standard InChI is InChI=1S/C20H20N2O3/c1-2-12-21-20-5-3-4-16-8-11-18(13-19(16)20)25-14-15-6-9-17(10-7-15)22(23)24/h1,6-11,13,20-21H,3-5,12,14H2. The topological polar surface area (TPSA) is 64.4 Å². The molecule has 1 atom stereocenters. The zero-order valence-electron chi connectivity index (χ0n) is 13.9. The molecule has 0 bridgehead atoms. The first-order valence-electron chi connectivity index (χ1n) is 8.33. The molecule has 0 aromatic heterocycles. The number of nitrogens with zero attached hydrogens (tertiary/aromatic N) is 1. The van der Waals surface area contributed by atoms with Crippen LogP contribution in [0.1, 0.15) is 35.6 Å². The first-order chi connectivity index (χ1) is 12.2. The normalized spacial score (nSPS) is 15.9. The molecule has 5 nitrogen and oxygen atoms in total. The molecule has 0 spiro atoms. The summed E-state index contributed by atoms with van der Waals surface area (Å²) in [7, 11) is 0. The number of rotatable bonds is 6. The third-order valence-electron chi connectivity index (χ3n) is 4.43. The van der Waals surface area contributed by atoms with Crippen molar-refractivity contribution in [2.45, 2.75) is 31.9 Å². The number of non-ortho nitro benzene ring substituents is 1. The second-order valence-electron chi connectivity index (χ2n) is 6.10. The molecule has 0 saturated heterocycles. The number of hydrogen-bond donors (Lipinski definition) is 1. The minimum absolute atomic E-state index is 0.0833. The summed E-state index contributed by atoms with van der Waals surface area (Å²) in [5.41, 5.74) is 3.57. The Morgan fingerprint density at radius 1 is 1.28 bits per heavy atom. The van der Waals surface area contributed by atoms with Gasteiger partial charge in [0.25, 0.3) is 5.69 Å². The number of ether oxygens (including phenoxy) is 1. The Labute approximate surface area is 147 Å². The molecular weight excluding hydrogens is 316 g/mol. The quantitative estimate of drug-likeness (QED) is 0.495. The first-order valence-corrected chi connectivity index (χ1v) is 8.33. The zero-order chi connectivity index (χ0) is 17.6. The van der Waals surface area contributed by atoms with Crippen LogP contribution in [0.2, 0.25) is 0 Å². The van der Waals surface area contributed by atoms with Crippen LogP contribution in [-0.4, -0.2) is 11.5 Å².